The normalized spacial score (nSPS) is 10.1. The highest BCUT2D eigenvalue weighted by Gasteiger charge is 2.10. The lowest BCUT2D eigenvalue weighted by Gasteiger charge is -2.06. The number of esters is 1. The zero-order valence-corrected chi connectivity index (χ0v) is 12.2. The third-order valence-electron chi connectivity index (χ3n) is 2.70. The fourth-order valence-electron chi connectivity index (χ4n) is 1.59. The van der Waals surface area contributed by atoms with E-state index >= 15 is 0 Å². The van der Waals surface area contributed by atoms with Gasteiger partial charge in [0.2, 0.25) is 0 Å². The number of benzene rings is 1. The van der Waals surface area contributed by atoms with E-state index in [1.807, 2.05) is 0 Å². The molecule has 1 aromatic heterocycles. The Kier molecular flexibility index (Phi) is 5.46. The van der Waals surface area contributed by atoms with Crippen LogP contribution >= 0.6 is 11.6 Å². The first-order chi connectivity index (χ1) is 10.6. The lowest BCUT2D eigenvalue weighted by atomic mass is 10.1. The molecule has 2 aromatic rings. The van der Waals surface area contributed by atoms with Crippen molar-refractivity contribution in [2.24, 2.45) is 0 Å². The van der Waals surface area contributed by atoms with Crippen molar-refractivity contribution in [3.8, 4) is 0 Å². The van der Waals surface area contributed by atoms with Gasteiger partial charge in [-0.15, -0.1) is 0 Å². The molecular formula is C15H13ClN2O4. The average molecular weight is 321 g/mol. The number of ether oxygens (including phenoxy) is 1. The molecule has 2 rings (SSSR count). The van der Waals surface area contributed by atoms with E-state index in [2.05, 4.69) is 10.3 Å². The van der Waals surface area contributed by atoms with Gasteiger partial charge in [0.25, 0.3) is 5.91 Å². The second kappa shape index (κ2) is 7.53. The molecule has 0 aliphatic rings. The fourth-order valence-corrected chi connectivity index (χ4v) is 1.70. The Morgan fingerprint density at radius 2 is 1.91 bits per heavy atom. The number of nitrogens with zero attached hydrogens (tertiary/aromatic N) is 1. The molecule has 114 valence electrons. The smallest absolute Gasteiger partial charge is 0.338 e. The maximum absolute atomic E-state index is 11.7. The Morgan fingerprint density at radius 1 is 1.18 bits per heavy atom. The Labute approximate surface area is 131 Å². The standard InChI is InChI=1S/C15H13ClN2O4/c16-12-5-6-13(17-7-12)18-14(20)9-22-15(21)11-3-1-10(8-19)2-4-11/h1-7,19H,8-9H2,(H,17,18,20). The van der Waals surface area contributed by atoms with Crippen molar-refractivity contribution in [3.63, 3.8) is 0 Å². The van der Waals surface area contributed by atoms with E-state index in [4.69, 9.17) is 21.4 Å². The van der Waals surface area contributed by atoms with E-state index in [9.17, 15) is 9.59 Å². The van der Waals surface area contributed by atoms with Crippen LogP contribution in [0.15, 0.2) is 42.6 Å². The fraction of sp³-hybridized carbons (Fsp3) is 0.133. The van der Waals surface area contributed by atoms with Gasteiger partial charge in [-0.25, -0.2) is 9.78 Å². The number of aromatic nitrogens is 1. The van der Waals surface area contributed by atoms with Gasteiger partial charge in [0.05, 0.1) is 17.2 Å². The molecule has 0 fully saturated rings. The van der Waals surface area contributed by atoms with Crippen LogP contribution in [-0.4, -0.2) is 28.6 Å². The Bertz CT molecular complexity index is 656. The van der Waals surface area contributed by atoms with Gasteiger partial charge in [-0.05, 0) is 29.8 Å². The van der Waals surface area contributed by atoms with E-state index in [1.165, 1.54) is 24.4 Å². The molecule has 1 heterocycles. The summed E-state index contributed by atoms with van der Waals surface area (Å²) in [5, 5.41) is 11.8. The van der Waals surface area contributed by atoms with Crippen molar-refractivity contribution < 1.29 is 19.4 Å². The molecule has 2 N–H and O–H groups in total. The molecule has 0 aliphatic heterocycles. The number of amides is 1. The van der Waals surface area contributed by atoms with E-state index in [-0.39, 0.29) is 6.61 Å². The first-order valence-corrected chi connectivity index (χ1v) is 6.74. The van der Waals surface area contributed by atoms with Gasteiger partial charge < -0.3 is 15.2 Å². The summed E-state index contributed by atoms with van der Waals surface area (Å²) in [7, 11) is 0. The second-order valence-corrected chi connectivity index (χ2v) is 4.78. The van der Waals surface area contributed by atoms with Gasteiger partial charge in [-0.3, -0.25) is 4.79 Å². The summed E-state index contributed by atoms with van der Waals surface area (Å²) < 4.78 is 4.89. The number of halogens is 1. The second-order valence-electron chi connectivity index (χ2n) is 4.34. The lowest BCUT2D eigenvalue weighted by molar-refractivity contribution is -0.119. The van der Waals surface area contributed by atoms with Gasteiger partial charge in [0, 0.05) is 6.20 Å². The maximum Gasteiger partial charge on any atom is 0.338 e. The summed E-state index contributed by atoms with van der Waals surface area (Å²) in [6.07, 6.45) is 1.39. The third-order valence-corrected chi connectivity index (χ3v) is 2.93. The number of nitrogens with one attached hydrogen (secondary N) is 1. The number of carbonyl (C=O) groups excluding carboxylic acids is 2. The molecule has 0 radical (unpaired) electrons. The van der Waals surface area contributed by atoms with Crippen molar-refractivity contribution in [1.82, 2.24) is 4.98 Å². The predicted molar refractivity (Wildman–Crippen MR) is 80.5 cm³/mol. The van der Waals surface area contributed by atoms with Crippen LogP contribution in [0.25, 0.3) is 0 Å². The molecule has 0 saturated heterocycles. The summed E-state index contributed by atoms with van der Waals surface area (Å²) >= 11 is 5.68. The first-order valence-electron chi connectivity index (χ1n) is 6.37. The van der Waals surface area contributed by atoms with Crippen LogP contribution in [0, 0.1) is 0 Å². The summed E-state index contributed by atoms with van der Waals surface area (Å²) in [6, 6.07) is 9.37. The number of aliphatic hydroxyl groups is 1. The molecule has 7 heteroatoms. The summed E-state index contributed by atoms with van der Waals surface area (Å²) in [5.74, 6) is -0.809. The molecule has 1 amide bonds. The van der Waals surface area contributed by atoms with Gasteiger partial charge in [-0.1, -0.05) is 23.7 Å². The van der Waals surface area contributed by atoms with E-state index in [1.54, 1.807) is 18.2 Å². The van der Waals surface area contributed by atoms with Crippen LogP contribution < -0.4 is 5.32 Å². The van der Waals surface area contributed by atoms with Crippen LogP contribution in [0.3, 0.4) is 0 Å². The summed E-state index contributed by atoms with van der Waals surface area (Å²) in [4.78, 5) is 27.3. The van der Waals surface area contributed by atoms with E-state index in [0.29, 0.717) is 22.0 Å². The number of hydrogen-bond acceptors (Lipinski definition) is 5. The highest BCUT2D eigenvalue weighted by Crippen LogP contribution is 2.09. The molecule has 22 heavy (non-hydrogen) atoms. The first kappa shape index (κ1) is 15.9. The molecule has 0 bridgehead atoms. The zero-order chi connectivity index (χ0) is 15.9. The highest BCUT2D eigenvalue weighted by molar-refractivity contribution is 6.30. The topological polar surface area (TPSA) is 88.5 Å². The van der Waals surface area contributed by atoms with Crippen LogP contribution in [0.2, 0.25) is 5.02 Å². The SMILES string of the molecule is O=C(COC(=O)c1ccc(CO)cc1)Nc1ccc(Cl)cn1. The number of hydrogen-bond donors (Lipinski definition) is 2. The third kappa shape index (κ3) is 4.54. The summed E-state index contributed by atoms with van der Waals surface area (Å²) in [6.45, 7) is -0.531. The van der Waals surface area contributed by atoms with Crippen LogP contribution in [0.5, 0.6) is 0 Å². The zero-order valence-electron chi connectivity index (χ0n) is 11.5. The van der Waals surface area contributed by atoms with Crippen LogP contribution in [0.4, 0.5) is 5.82 Å². The predicted octanol–water partition coefficient (Wildman–Crippen LogP) is 2.02. The van der Waals surface area contributed by atoms with Gasteiger partial charge in [-0.2, -0.15) is 0 Å². The number of rotatable bonds is 5. The monoisotopic (exact) mass is 320 g/mol. The van der Waals surface area contributed by atoms with Crippen molar-refractivity contribution in [3.05, 3.63) is 58.7 Å². The number of anilines is 1. The highest BCUT2D eigenvalue weighted by atomic mass is 35.5. The van der Waals surface area contributed by atoms with Crippen molar-refractivity contribution in [2.45, 2.75) is 6.61 Å². The number of aliphatic hydroxyl groups excluding tert-OH is 1. The molecule has 0 unspecified atom stereocenters. The largest absolute Gasteiger partial charge is 0.452 e. The molecule has 0 atom stereocenters. The van der Waals surface area contributed by atoms with Crippen LogP contribution in [0.1, 0.15) is 15.9 Å². The molecular weight excluding hydrogens is 308 g/mol. The average Bonchev–Trinajstić information content (AvgIpc) is 2.55. The molecule has 1 aromatic carbocycles. The van der Waals surface area contributed by atoms with Gasteiger partial charge in [0.15, 0.2) is 6.61 Å². The van der Waals surface area contributed by atoms with Gasteiger partial charge >= 0.3 is 5.97 Å². The van der Waals surface area contributed by atoms with Crippen molar-refractivity contribution in [1.29, 1.82) is 0 Å². The Morgan fingerprint density at radius 3 is 2.50 bits per heavy atom. The van der Waals surface area contributed by atoms with Gasteiger partial charge in [0.1, 0.15) is 5.82 Å². The van der Waals surface area contributed by atoms with Crippen LogP contribution in [-0.2, 0) is 16.1 Å². The van der Waals surface area contributed by atoms with E-state index < -0.39 is 18.5 Å². The maximum atomic E-state index is 11.7. The minimum Gasteiger partial charge on any atom is -0.452 e. The number of carbonyl (C=O) groups is 2. The summed E-state index contributed by atoms with van der Waals surface area (Å²) in [5.41, 5.74) is 0.984. The molecule has 0 saturated carbocycles. The Hall–Kier alpha value is -2.44. The number of pyridine rings is 1. The lowest BCUT2D eigenvalue weighted by Crippen LogP contribution is -2.21. The van der Waals surface area contributed by atoms with Crippen molar-refractivity contribution >= 4 is 29.3 Å². The van der Waals surface area contributed by atoms with E-state index in [0.717, 1.165) is 0 Å². The molecule has 0 spiro atoms. The molecule has 6 nitrogen and oxygen atoms in total. The van der Waals surface area contributed by atoms with Crippen molar-refractivity contribution in [2.75, 3.05) is 11.9 Å². The minimum absolute atomic E-state index is 0.105. The minimum atomic E-state index is -0.622. The molecule has 0 aliphatic carbocycles. The quantitative estimate of drug-likeness (QED) is 0.823. The Balaban J connectivity index is 1.84.